The number of H-pyrrole nitrogens is 1. The zero-order chi connectivity index (χ0) is 23.4. The lowest BCUT2D eigenvalue weighted by Gasteiger charge is -2.18. The topological polar surface area (TPSA) is 137 Å². The summed E-state index contributed by atoms with van der Waals surface area (Å²) in [4.78, 5) is 27.3. The van der Waals surface area contributed by atoms with Gasteiger partial charge in [0.15, 0.2) is 0 Å². The summed E-state index contributed by atoms with van der Waals surface area (Å²) in [6.07, 6.45) is 8.02. The molecule has 0 unspecified atom stereocenters. The van der Waals surface area contributed by atoms with E-state index in [2.05, 4.69) is 22.5 Å². The van der Waals surface area contributed by atoms with Crippen LogP contribution < -0.4 is 16.4 Å². The maximum Gasteiger partial charge on any atom is 0.254 e. The van der Waals surface area contributed by atoms with E-state index >= 15 is 0 Å². The van der Waals surface area contributed by atoms with Crippen LogP contribution in [-0.2, 0) is 11.3 Å². The molecule has 1 aliphatic rings. The molecule has 1 atom stereocenters. The standard InChI is InChI=1S/C25H27N5O3/c1-15(17-5-6-17)30-23(21(11-26)24(27)31)22-10-20(13-28-22)18-4-2-3-16(9-18)12-29-25(32)19-7-8-33-14-19/h2-4,7-11,13-15,17,26,28,30H,5-6,12H2,1H3,(H2,27,31)(H,29,32)/b23-21-,26-11?/t15-/m1/s1. The number of nitrogens with two attached hydrogens (primary N) is 1. The lowest BCUT2D eigenvalue weighted by atomic mass is 10.0. The van der Waals surface area contributed by atoms with E-state index in [1.807, 2.05) is 36.5 Å². The van der Waals surface area contributed by atoms with Crippen molar-refractivity contribution in [3.8, 4) is 11.1 Å². The normalized spacial score (nSPS) is 14.8. The van der Waals surface area contributed by atoms with E-state index in [4.69, 9.17) is 15.6 Å². The van der Waals surface area contributed by atoms with Gasteiger partial charge in [-0.15, -0.1) is 0 Å². The van der Waals surface area contributed by atoms with Crippen LogP contribution in [0.2, 0.25) is 0 Å². The van der Waals surface area contributed by atoms with Crippen LogP contribution in [0.3, 0.4) is 0 Å². The molecule has 1 aromatic carbocycles. The van der Waals surface area contributed by atoms with Gasteiger partial charge < -0.3 is 31.2 Å². The highest BCUT2D eigenvalue weighted by Crippen LogP contribution is 2.34. The second-order valence-corrected chi connectivity index (χ2v) is 8.26. The molecule has 0 radical (unpaired) electrons. The molecule has 8 nitrogen and oxygen atoms in total. The summed E-state index contributed by atoms with van der Waals surface area (Å²) in [7, 11) is 0. The number of hydrogen-bond acceptors (Lipinski definition) is 5. The molecular formula is C25H27N5O3. The van der Waals surface area contributed by atoms with Gasteiger partial charge in [-0.3, -0.25) is 9.59 Å². The Kier molecular flexibility index (Phi) is 6.44. The molecule has 6 N–H and O–H groups in total. The molecule has 1 fully saturated rings. The number of hydrogen-bond donors (Lipinski definition) is 5. The summed E-state index contributed by atoms with van der Waals surface area (Å²) < 4.78 is 4.95. The molecule has 0 bridgehead atoms. The molecule has 33 heavy (non-hydrogen) atoms. The van der Waals surface area contributed by atoms with Crippen molar-refractivity contribution in [2.24, 2.45) is 11.7 Å². The first kappa shape index (κ1) is 22.1. The van der Waals surface area contributed by atoms with Crippen LogP contribution in [0.4, 0.5) is 0 Å². The van der Waals surface area contributed by atoms with Crippen molar-refractivity contribution in [3.05, 3.63) is 77.5 Å². The number of carbonyl (C=O) groups excluding carboxylic acids is 2. The van der Waals surface area contributed by atoms with E-state index in [9.17, 15) is 9.59 Å². The van der Waals surface area contributed by atoms with E-state index in [-0.39, 0.29) is 17.5 Å². The molecule has 3 aromatic rings. The first-order chi connectivity index (χ1) is 16.0. The maximum atomic E-state index is 12.2. The molecule has 1 aliphatic carbocycles. The van der Waals surface area contributed by atoms with Gasteiger partial charge in [0.05, 0.1) is 28.8 Å². The lowest BCUT2D eigenvalue weighted by molar-refractivity contribution is -0.114. The van der Waals surface area contributed by atoms with Gasteiger partial charge in [-0.2, -0.15) is 0 Å². The highest BCUT2D eigenvalue weighted by molar-refractivity contribution is 6.16. The quantitative estimate of drug-likeness (QED) is 0.241. The summed E-state index contributed by atoms with van der Waals surface area (Å²) in [6, 6.07) is 11.6. The minimum atomic E-state index is -0.651. The van der Waals surface area contributed by atoms with Crippen LogP contribution in [-0.4, -0.2) is 29.1 Å². The second kappa shape index (κ2) is 9.60. The average molecular weight is 446 g/mol. The Hall–Kier alpha value is -4.07. The van der Waals surface area contributed by atoms with Gasteiger partial charge in [0.2, 0.25) is 0 Å². The van der Waals surface area contributed by atoms with Crippen molar-refractivity contribution in [2.75, 3.05) is 0 Å². The molecule has 4 rings (SSSR count). The predicted octanol–water partition coefficient (Wildman–Crippen LogP) is 3.44. The van der Waals surface area contributed by atoms with E-state index in [0.29, 0.717) is 29.4 Å². The van der Waals surface area contributed by atoms with Crippen molar-refractivity contribution in [1.29, 1.82) is 5.41 Å². The zero-order valence-corrected chi connectivity index (χ0v) is 18.4. The third-order valence-corrected chi connectivity index (χ3v) is 5.83. The predicted molar refractivity (Wildman–Crippen MR) is 126 cm³/mol. The van der Waals surface area contributed by atoms with Crippen LogP contribution in [0, 0.1) is 11.3 Å². The number of nitrogens with one attached hydrogen (secondary N) is 4. The SMILES string of the molecule is C[C@@H](N/C(=C(/C=N)C(N)=O)c1cc(-c2cccc(CNC(=O)c3ccoc3)c2)c[nH]1)C1CC1. The van der Waals surface area contributed by atoms with Crippen LogP contribution in [0.25, 0.3) is 16.8 Å². The van der Waals surface area contributed by atoms with Crippen molar-refractivity contribution < 1.29 is 14.0 Å². The second-order valence-electron chi connectivity index (χ2n) is 8.26. The fourth-order valence-corrected chi connectivity index (χ4v) is 3.75. The Morgan fingerprint density at radius 1 is 1.27 bits per heavy atom. The van der Waals surface area contributed by atoms with Crippen molar-refractivity contribution in [3.63, 3.8) is 0 Å². The minimum absolute atomic E-state index is 0.131. The maximum absolute atomic E-state index is 12.2. The largest absolute Gasteiger partial charge is 0.472 e. The number of aromatic nitrogens is 1. The summed E-state index contributed by atoms with van der Waals surface area (Å²) in [5, 5.41) is 14.0. The highest BCUT2D eigenvalue weighted by Gasteiger charge is 2.29. The van der Waals surface area contributed by atoms with Crippen molar-refractivity contribution in [1.82, 2.24) is 15.6 Å². The van der Waals surface area contributed by atoms with Crippen LogP contribution in [0.5, 0.6) is 0 Å². The molecule has 8 heteroatoms. The molecule has 2 heterocycles. The molecular weight excluding hydrogens is 418 g/mol. The molecule has 0 spiro atoms. The number of benzene rings is 1. The first-order valence-electron chi connectivity index (χ1n) is 10.9. The van der Waals surface area contributed by atoms with Gasteiger partial charge >= 0.3 is 0 Å². The van der Waals surface area contributed by atoms with E-state index < -0.39 is 5.91 Å². The summed E-state index contributed by atoms with van der Waals surface area (Å²) >= 11 is 0. The number of furan rings is 1. The highest BCUT2D eigenvalue weighted by atomic mass is 16.3. The van der Waals surface area contributed by atoms with E-state index in [0.717, 1.165) is 35.7 Å². The molecule has 0 saturated heterocycles. The van der Waals surface area contributed by atoms with Crippen LogP contribution in [0.1, 0.15) is 41.4 Å². The zero-order valence-electron chi connectivity index (χ0n) is 18.4. The Morgan fingerprint density at radius 2 is 2.09 bits per heavy atom. The fraction of sp³-hybridized carbons (Fsp3) is 0.240. The summed E-state index contributed by atoms with van der Waals surface area (Å²) in [5.74, 6) is -0.292. The Balaban J connectivity index is 1.55. The first-order valence-corrected chi connectivity index (χ1v) is 10.9. The molecule has 1 saturated carbocycles. The molecule has 2 aromatic heterocycles. The number of carbonyl (C=O) groups is 2. The number of primary amides is 1. The number of amides is 2. The summed E-state index contributed by atoms with van der Waals surface area (Å²) in [5.41, 5.74) is 10.2. The molecule has 2 amide bonds. The molecule has 0 aliphatic heterocycles. The van der Waals surface area contributed by atoms with Gasteiger partial charge in [-0.25, -0.2) is 0 Å². The number of aromatic amines is 1. The third kappa shape index (κ3) is 5.23. The monoisotopic (exact) mass is 445 g/mol. The molecule has 170 valence electrons. The fourth-order valence-electron chi connectivity index (χ4n) is 3.75. The Labute approximate surface area is 191 Å². The van der Waals surface area contributed by atoms with Gasteiger partial charge in [-0.05, 0) is 60.6 Å². The van der Waals surface area contributed by atoms with Crippen molar-refractivity contribution in [2.45, 2.75) is 32.4 Å². The van der Waals surface area contributed by atoms with Crippen LogP contribution >= 0.6 is 0 Å². The van der Waals surface area contributed by atoms with Gasteiger partial charge in [0.25, 0.3) is 11.8 Å². The Bertz CT molecular complexity index is 1190. The van der Waals surface area contributed by atoms with Gasteiger partial charge in [-0.1, -0.05) is 18.2 Å². The lowest BCUT2D eigenvalue weighted by Crippen LogP contribution is -2.30. The van der Waals surface area contributed by atoms with E-state index in [1.54, 1.807) is 6.07 Å². The van der Waals surface area contributed by atoms with Gasteiger partial charge in [0, 0.05) is 25.0 Å². The number of rotatable bonds is 10. The summed E-state index contributed by atoms with van der Waals surface area (Å²) in [6.45, 7) is 2.45. The third-order valence-electron chi connectivity index (χ3n) is 5.83. The smallest absolute Gasteiger partial charge is 0.254 e. The van der Waals surface area contributed by atoms with Gasteiger partial charge in [0.1, 0.15) is 6.26 Å². The minimum Gasteiger partial charge on any atom is -0.472 e. The Morgan fingerprint density at radius 3 is 2.76 bits per heavy atom. The van der Waals surface area contributed by atoms with E-state index in [1.165, 1.54) is 12.5 Å². The average Bonchev–Trinajstić information content (AvgIpc) is 3.30. The van der Waals surface area contributed by atoms with Crippen LogP contribution in [0.15, 0.2) is 65.1 Å². The van der Waals surface area contributed by atoms with Crippen molar-refractivity contribution >= 4 is 23.7 Å².